The van der Waals surface area contributed by atoms with Crippen LogP contribution in [0.2, 0.25) is 5.02 Å². The molecule has 0 amide bonds. The molecule has 8 heteroatoms. The molecule has 0 fully saturated rings. The van der Waals surface area contributed by atoms with Crippen molar-refractivity contribution < 1.29 is 9.90 Å². The molecule has 0 spiro atoms. The molecule has 23 heavy (non-hydrogen) atoms. The van der Waals surface area contributed by atoms with Crippen LogP contribution >= 0.6 is 23.8 Å². The number of hydrogen-bond donors (Lipinski definition) is 3. The van der Waals surface area contributed by atoms with Gasteiger partial charge in [0.1, 0.15) is 0 Å². The fourth-order valence-electron chi connectivity index (χ4n) is 1.93. The number of benzene rings is 1. The van der Waals surface area contributed by atoms with E-state index in [1.807, 2.05) is 6.92 Å². The summed E-state index contributed by atoms with van der Waals surface area (Å²) >= 11 is 11.1. The lowest BCUT2D eigenvalue weighted by Gasteiger charge is -2.19. The minimum absolute atomic E-state index is 0.127. The van der Waals surface area contributed by atoms with E-state index in [0.717, 1.165) is 11.3 Å². The van der Waals surface area contributed by atoms with E-state index in [4.69, 9.17) is 28.9 Å². The normalized spacial score (nSPS) is 11.6. The Morgan fingerprint density at radius 3 is 2.65 bits per heavy atom. The highest BCUT2D eigenvalue weighted by atomic mass is 35.5. The molecule has 0 saturated carbocycles. The number of hydrogen-bond acceptors (Lipinski definition) is 4. The number of nitrogens with one attached hydrogen (secondary N) is 2. The summed E-state index contributed by atoms with van der Waals surface area (Å²) in [7, 11) is 0. The van der Waals surface area contributed by atoms with E-state index in [1.54, 1.807) is 36.5 Å². The molecule has 1 aromatic heterocycles. The van der Waals surface area contributed by atoms with E-state index in [1.165, 1.54) is 0 Å². The SMILES string of the molecule is Cc1ccnc(NC(=S)NC(CC(=O)O)c2ccc(Cl)cc2)n1. The molecule has 0 aliphatic rings. The van der Waals surface area contributed by atoms with Crippen molar-refractivity contribution in [2.45, 2.75) is 19.4 Å². The molecule has 1 atom stereocenters. The summed E-state index contributed by atoms with van der Waals surface area (Å²) in [6.07, 6.45) is 1.49. The van der Waals surface area contributed by atoms with Crippen molar-refractivity contribution in [2.75, 3.05) is 5.32 Å². The maximum atomic E-state index is 11.1. The lowest BCUT2D eigenvalue weighted by molar-refractivity contribution is -0.137. The van der Waals surface area contributed by atoms with Gasteiger partial charge in [-0.1, -0.05) is 23.7 Å². The molecule has 1 unspecified atom stereocenters. The Morgan fingerprint density at radius 1 is 1.35 bits per heavy atom. The average Bonchev–Trinajstić information content (AvgIpc) is 2.46. The van der Waals surface area contributed by atoms with Gasteiger partial charge in [0.25, 0.3) is 0 Å². The molecule has 0 aliphatic heterocycles. The van der Waals surface area contributed by atoms with Gasteiger partial charge in [-0.25, -0.2) is 9.97 Å². The van der Waals surface area contributed by atoms with Gasteiger partial charge < -0.3 is 15.7 Å². The standard InChI is InChI=1S/C15H15ClN4O2S/c1-9-6-7-17-14(18-9)20-15(23)19-12(8-13(21)22)10-2-4-11(16)5-3-10/h2-7,12H,8H2,1H3,(H,21,22)(H2,17,18,19,20,23). The second-order valence-electron chi connectivity index (χ2n) is 4.82. The molecule has 2 rings (SSSR count). The molecule has 1 heterocycles. The number of nitrogens with zero attached hydrogens (tertiary/aromatic N) is 2. The second kappa shape index (κ2) is 7.85. The van der Waals surface area contributed by atoms with Crippen LogP contribution in [0.1, 0.15) is 23.7 Å². The Morgan fingerprint density at radius 2 is 2.04 bits per heavy atom. The molecule has 0 saturated heterocycles. The van der Waals surface area contributed by atoms with Crippen molar-refractivity contribution in [3.63, 3.8) is 0 Å². The van der Waals surface area contributed by atoms with Crippen molar-refractivity contribution in [1.82, 2.24) is 15.3 Å². The van der Waals surface area contributed by atoms with Gasteiger partial charge in [-0.05, 0) is 42.9 Å². The molecule has 120 valence electrons. The van der Waals surface area contributed by atoms with Crippen molar-refractivity contribution in [1.29, 1.82) is 0 Å². The van der Waals surface area contributed by atoms with Crippen molar-refractivity contribution in [2.24, 2.45) is 0 Å². The number of carbonyl (C=O) groups is 1. The molecular weight excluding hydrogens is 336 g/mol. The van der Waals surface area contributed by atoms with E-state index >= 15 is 0 Å². The van der Waals surface area contributed by atoms with E-state index in [0.29, 0.717) is 11.0 Å². The summed E-state index contributed by atoms with van der Waals surface area (Å²) in [4.78, 5) is 19.3. The van der Waals surface area contributed by atoms with Crippen LogP contribution in [0.15, 0.2) is 36.5 Å². The van der Waals surface area contributed by atoms with Gasteiger partial charge in [-0.2, -0.15) is 0 Å². The summed E-state index contributed by atoms with van der Waals surface area (Å²) in [6.45, 7) is 1.84. The predicted molar refractivity (Wildman–Crippen MR) is 92.6 cm³/mol. The number of carboxylic acids is 1. The minimum atomic E-state index is -0.938. The number of halogens is 1. The maximum absolute atomic E-state index is 11.1. The van der Waals surface area contributed by atoms with Crippen LogP contribution in [-0.2, 0) is 4.79 Å². The van der Waals surface area contributed by atoms with Gasteiger partial charge >= 0.3 is 5.97 Å². The van der Waals surface area contributed by atoms with Crippen LogP contribution in [0, 0.1) is 6.92 Å². The van der Waals surface area contributed by atoms with Gasteiger partial charge in [0, 0.05) is 16.9 Å². The van der Waals surface area contributed by atoms with Gasteiger partial charge in [-0.3, -0.25) is 4.79 Å². The smallest absolute Gasteiger partial charge is 0.305 e. The molecule has 0 bridgehead atoms. The zero-order valence-electron chi connectivity index (χ0n) is 12.3. The number of aromatic nitrogens is 2. The summed E-state index contributed by atoms with van der Waals surface area (Å²) < 4.78 is 0. The topological polar surface area (TPSA) is 87.1 Å². The highest BCUT2D eigenvalue weighted by Crippen LogP contribution is 2.19. The number of aryl methyl sites for hydroxylation is 1. The largest absolute Gasteiger partial charge is 0.481 e. The molecule has 0 aliphatic carbocycles. The quantitative estimate of drug-likeness (QED) is 0.714. The lowest BCUT2D eigenvalue weighted by atomic mass is 10.0. The first kappa shape index (κ1) is 17.1. The summed E-state index contributed by atoms with van der Waals surface area (Å²) in [5.74, 6) is -0.584. The Kier molecular flexibility index (Phi) is 5.84. The monoisotopic (exact) mass is 350 g/mol. The summed E-state index contributed by atoms with van der Waals surface area (Å²) in [5, 5.41) is 15.7. The molecule has 6 nitrogen and oxygen atoms in total. The molecular formula is C15H15ClN4O2S. The molecule has 1 aromatic carbocycles. The van der Waals surface area contributed by atoms with Gasteiger partial charge in [0.2, 0.25) is 5.95 Å². The second-order valence-corrected chi connectivity index (χ2v) is 5.67. The highest BCUT2D eigenvalue weighted by Gasteiger charge is 2.17. The van der Waals surface area contributed by atoms with Crippen LogP contribution in [-0.4, -0.2) is 26.2 Å². The first-order valence-corrected chi connectivity index (χ1v) is 7.57. The van der Waals surface area contributed by atoms with Crippen molar-refractivity contribution >= 4 is 40.8 Å². The average molecular weight is 351 g/mol. The summed E-state index contributed by atoms with van der Waals surface area (Å²) in [6, 6.07) is 8.20. The van der Waals surface area contributed by atoms with Crippen LogP contribution < -0.4 is 10.6 Å². The fourth-order valence-corrected chi connectivity index (χ4v) is 2.29. The molecule has 0 radical (unpaired) electrons. The van der Waals surface area contributed by atoms with E-state index in [2.05, 4.69) is 20.6 Å². The Bertz CT molecular complexity index is 709. The number of rotatable bonds is 5. The lowest BCUT2D eigenvalue weighted by Crippen LogP contribution is -2.34. The Hall–Kier alpha value is -2.25. The third kappa shape index (κ3) is 5.46. The Balaban J connectivity index is 2.09. The maximum Gasteiger partial charge on any atom is 0.305 e. The first-order chi connectivity index (χ1) is 10.9. The Labute approximate surface area is 143 Å². The summed E-state index contributed by atoms with van der Waals surface area (Å²) in [5.41, 5.74) is 1.57. The van der Waals surface area contributed by atoms with Crippen molar-refractivity contribution in [3.05, 3.63) is 52.8 Å². The third-order valence-electron chi connectivity index (χ3n) is 2.98. The van der Waals surface area contributed by atoms with Gasteiger partial charge in [-0.15, -0.1) is 0 Å². The number of aliphatic carboxylic acids is 1. The van der Waals surface area contributed by atoms with E-state index in [9.17, 15) is 4.79 Å². The minimum Gasteiger partial charge on any atom is -0.481 e. The number of anilines is 1. The highest BCUT2D eigenvalue weighted by molar-refractivity contribution is 7.80. The van der Waals surface area contributed by atoms with Crippen molar-refractivity contribution in [3.8, 4) is 0 Å². The van der Waals surface area contributed by atoms with Crippen LogP contribution in [0.25, 0.3) is 0 Å². The van der Waals surface area contributed by atoms with E-state index < -0.39 is 12.0 Å². The van der Waals surface area contributed by atoms with Crippen LogP contribution in [0.4, 0.5) is 5.95 Å². The van der Waals surface area contributed by atoms with Crippen LogP contribution in [0.5, 0.6) is 0 Å². The number of thiocarbonyl (C=S) groups is 1. The number of carboxylic acid groups (broad SMARTS) is 1. The molecule has 3 N–H and O–H groups in total. The van der Waals surface area contributed by atoms with Crippen LogP contribution in [0.3, 0.4) is 0 Å². The zero-order valence-corrected chi connectivity index (χ0v) is 13.9. The first-order valence-electron chi connectivity index (χ1n) is 6.78. The molecule has 2 aromatic rings. The van der Waals surface area contributed by atoms with Gasteiger partial charge in [0.15, 0.2) is 5.11 Å². The van der Waals surface area contributed by atoms with Gasteiger partial charge in [0.05, 0.1) is 12.5 Å². The zero-order chi connectivity index (χ0) is 16.8. The third-order valence-corrected chi connectivity index (χ3v) is 3.45. The predicted octanol–water partition coefficient (Wildman–Crippen LogP) is 2.94. The van der Waals surface area contributed by atoms with E-state index in [-0.39, 0.29) is 11.5 Å². The fraction of sp³-hybridized carbons (Fsp3) is 0.200.